The van der Waals surface area contributed by atoms with Crippen molar-refractivity contribution in [3.8, 4) is 0 Å². The fourth-order valence-electron chi connectivity index (χ4n) is 8.36. The van der Waals surface area contributed by atoms with Gasteiger partial charge >= 0.3 is 0 Å². The topological polar surface area (TPSA) is 29.6 Å². The molecule has 1 heterocycles. The summed E-state index contributed by atoms with van der Waals surface area (Å²) in [6.45, 7) is 8.52. The van der Waals surface area contributed by atoms with Crippen molar-refractivity contribution >= 4 is 5.78 Å². The lowest BCUT2D eigenvalue weighted by Gasteiger charge is -2.60. The molecule has 0 aromatic rings. The van der Waals surface area contributed by atoms with Crippen molar-refractivity contribution in [2.75, 3.05) is 6.61 Å². The summed E-state index contributed by atoms with van der Waals surface area (Å²) in [5, 5.41) is 0. The monoisotopic (exact) mass is 330 g/mol. The Morgan fingerprint density at radius 2 is 1.67 bits per heavy atom. The van der Waals surface area contributed by atoms with E-state index in [1.807, 2.05) is 0 Å². The molecule has 8 atom stereocenters. The standard InChI is InChI=1S/C22H34O2/c1-20-10-8-15(23)12-14(20)4-5-16-17-6-7-19(22(3)13-24-22)21(17,2)11-9-18(16)20/h14,16-19H,4-13H2,1-3H3/t14-,16-,17-,18+,19+,20+,21+,22+/m1/s1. The SMILES string of the molecule is C[C@]12CCC(=O)C[C@H]1CC[C@@H]1[C@H]3CC[C@H]([C@]4(C)CO4)[C@@]3(C)CC[C@@H]12. The molecule has 0 aromatic carbocycles. The van der Waals surface area contributed by atoms with Crippen LogP contribution in [0.15, 0.2) is 0 Å². The molecule has 4 saturated carbocycles. The number of rotatable bonds is 1. The summed E-state index contributed by atoms with van der Waals surface area (Å²) in [7, 11) is 0. The zero-order valence-corrected chi connectivity index (χ0v) is 15.8. The van der Waals surface area contributed by atoms with Gasteiger partial charge in [0.15, 0.2) is 0 Å². The van der Waals surface area contributed by atoms with Crippen molar-refractivity contribution < 1.29 is 9.53 Å². The second-order valence-electron chi connectivity index (χ2n) is 10.7. The van der Waals surface area contributed by atoms with Gasteiger partial charge in [0.25, 0.3) is 0 Å². The number of ketones is 1. The summed E-state index contributed by atoms with van der Waals surface area (Å²) in [5.41, 5.74) is 1.17. The van der Waals surface area contributed by atoms with Gasteiger partial charge in [0, 0.05) is 12.8 Å². The molecule has 0 bridgehead atoms. The zero-order valence-electron chi connectivity index (χ0n) is 15.8. The molecule has 1 saturated heterocycles. The van der Waals surface area contributed by atoms with Gasteiger partial charge in [-0.1, -0.05) is 13.8 Å². The molecule has 5 aliphatic rings. The number of hydrogen-bond donors (Lipinski definition) is 0. The minimum absolute atomic E-state index is 0.203. The molecule has 4 aliphatic carbocycles. The third-order valence-corrected chi connectivity index (χ3v) is 9.82. The largest absolute Gasteiger partial charge is 0.370 e. The van der Waals surface area contributed by atoms with E-state index in [1.54, 1.807) is 0 Å². The quantitative estimate of drug-likeness (QED) is 0.633. The maximum atomic E-state index is 12.0. The van der Waals surface area contributed by atoms with E-state index in [4.69, 9.17) is 4.74 Å². The summed E-state index contributed by atoms with van der Waals surface area (Å²) >= 11 is 0. The van der Waals surface area contributed by atoms with Gasteiger partial charge < -0.3 is 4.74 Å². The maximum Gasteiger partial charge on any atom is 0.133 e. The van der Waals surface area contributed by atoms with Gasteiger partial charge in [-0.2, -0.15) is 0 Å². The normalized spacial score (nSPS) is 59.5. The molecule has 0 amide bonds. The van der Waals surface area contributed by atoms with Crippen LogP contribution in [0.3, 0.4) is 0 Å². The Hall–Kier alpha value is -0.370. The average Bonchev–Trinajstić information content (AvgIpc) is 3.17. The fourth-order valence-corrected chi connectivity index (χ4v) is 8.36. The molecular formula is C22H34O2. The van der Waals surface area contributed by atoms with E-state index in [0.717, 1.165) is 43.1 Å². The van der Waals surface area contributed by atoms with Gasteiger partial charge in [-0.05, 0) is 92.3 Å². The molecule has 2 nitrogen and oxygen atoms in total. The van der Waals surface area contributed by atoms with Gasteiger partial charge in [-0.3, -0.25) is 4.79 Å². The number of carbonyl (C=O) groups excluding carboxylic acids is 1. The highest BCUT2D eigenvalue weighted by molar-refractivity contribution is 5.79. The molecule has 2 heteroatoms. The lowest BCUT2D eigenvalue weighted by molar-refractivity contribution is -0.140. The molecule has 0 spiro atoms. The van der Waals surface area contributed by atoms with Gasteiger partial charge in [-0.15, -0.1) is 0 Å². The maximum absolute atomic E-state index is 12.0. The third-order valence-electron chi connectivity index (χ3n) is 9.82. The molecule has 5 fully saturated rings. The van der Waals surface area contributed by atoms with Crippen LogP contribution >= 0.6 is 0 Å². The van der Waals surface area contributed by atoms with E-state index in [9.17, 15) is 4.79 Å². The number of carbonyl (C=O) groups is 1. The van der Waals surface area contributed by atoms with Gasteiger partial charge in [0.05, 0.1) is 12.2 Å². The number of epoxide rings is 1. The molecule has 0 radical (unpaired) electrons. The molecule has 1 aliphatic heterocycles. The second-order valence-corrected chi connectivity index (χ2v) is 10.7. The van der Waals surface area contributed by atoms with Gasteiger partial charge in [-0.25, -0.2) is 0 Å². The third kappa shape index (κ3) is 1.95. The van der Waals surface area contributed by atoms with Crippen LogP contribution in [-0.2, 0) is 9.53 Å². The molecule has 5 rings (SSSR count). The minimum atomic E-state index is 0.203. The highest BCUT2D eigenvalue weighted by Gasteiger charge is 2.65. The van der Waals surface area contributed by atoms with E-state index in [2.05, 4.69) is 20.8 Å². The van der Waals surface area contributed by atoms with Crippen molar-refractivity contribution in [3.05, 3.63) is 0 Å². The average molecular weight is 331 g/mol. The first-order valence-corrected chi connectivity index (χ1v) is 10.5. The Kier molecular flexibility index (Phi) is 3.22. The van der Waals surface area contributed by atoms with Crippen LogP contribution in [0, 0.1) is 40.4 Å². The van der Waals surface area contributed by atoms with E-state index in [-0.39, 0.29) is 5.60 Å². The smallest absolute Gasteiger partial charge is 0.133 e. The first-order chi connectivity index (χ1) is 11.4. The van der Waals surface area contributed by atoms with Gasteiger partial charge in [0.1, 0.15) is 5.78 Å². The van der Waals surface area contributed by atoms with Crippen molar-refractivity contribution in [2.45, 2.75) is 84.2 Å². The second kappa shape index (κ2) is 4.87. The minimum Gasteiger partial charge on any atom is -0.370 e. The van der Waals surface area contributed by atoms with Gasteiger partial charge in [0.2, 0.25) is 0 Å². The highest BCUT2D eigenvalue weighted by atomic mass is 16.6. The predicted molar refractivity (Wildman–Crippen MR) is 94.6 cm³/mol. The van der Waals surface area contributed by atoms with Crippen LogP contribution in [0.25, 0.3) is 0 Å². The Bertz CT molecular complexity index is 564. The summed E-state index contributed by atoms with van der Waals surface area (Å²) in [6, 6.07) is 0. The predicted octanol–water partition coefficient (Wildman–Crippen LogP) is 5.00. The van der Waals surface area contributed by atoms with Crippen molar-refractivity contribution in [1.29, 1.82) is 0 Å². The van der Waals surface area contributed by atoms with E-state index < -0.39 is 0 Å². The van der Waals surface area contributed by atoms with Crippen LogP contribution in [-0.4, -0.2) is 18.0 Å². The van der Waals surface area contributed by atoms with Crippen LogP contribution in [0.5, 0.6) is 0 Å². The molecular weight excluding hydrogens is 296 g/mol. The van der Waals surface area contributed by atoms with Crippen LogP contribution in [0.2, 0.25) is 0 Å². The molecule has 0 N–H and O–H groups in total. The first kappa shape index (κ1) is 15.9. The lowest BCUT2D eigenvalue weighted by Crippen LogP contribution is -2.54. The highest BCUT2D eigenvalue weighted by Crippen LogP contribution is 2.69. The Labute approximate surface area is 147 Å². The van der Waals surface area contributed by atoms with E-state index >= 15 is 0 Å². The molecule has 0 unspecified atom stereocenters. The van der Waals surface area contributed by atoms with Crippen LogP contribution in [0.4, 0.5) is 0 Å². The first-order valence-electron chi connectivity index (χ1n) is 10.5. The lowest BCUT2D eigenvalue weighted by atomic mass is 9.44. The summed E-state index contributed by atoms with van der Waals surface area (Å²) in [5.74, 6) is 4.73. The number of ether oxygens (including phenoxy) is 1. The van der Waals surface area contributed by atoms with Crippen LogP contribution in [0.1, 0.15) is 78.6 Å². The van der Waals surface area contributed by atoms with Crippen molar-refractivity contribution in [2.24, 2.45) is 40.4 Å². The molecule has 134 valence electrons. The molecule has 0 aromatic heterocycles. The molecule has 24 heavy (non-hydrogen) atoms. The summed E-state index contributed by atoms with van der Waals surface area (Å²) < 4.78 is 5.91. The van der Waals surface area contributed by atoms with E-state index in [1.165, 1.54) is 44.9 Å². The number of fused-ring (bicyclic) bond motifs is 5. The Morgan fingerprint density at radius 1 is 0.917 bits per heavy atom. The van der Waals surface area contributed by atoms with E-state index in [0.29, 0.717) is 22.5 Å². The number of hydrogen-bond acceptors (Lipinski definition) is 2. The summed E-state index contributed by atoms with van der Waals surface area (Å²) in [6.07, 6.45) is 11.2. The summed E-state index contributed by atoms with van der Waals surface area (Å²) in [4.78, 5) is 12.0. The van der Waals surface area contributed by atoms with Crippen LogP contribution < -0.4 is 0 Å². The number of Topliss-reactive ketones (excluding diaryl/α,β-unsaturated/α-hetero) is 1. The Balaban J connectivity index is 1.44. The fraction of sp³-hybridized carbons (Fsp3) is 0.955. The Morgan fingerprint density at radius 3 is 2.42 bits per heavy atom. The zero-order chi connectivity index (χ0) is 16.7. The van der Waals surface area contributed by atoms with Crippen molar-refractivity contribution in [3.63, 3.8) is 0 Å². The van der Waals surface area contributed by atoms with Crippen molar-refractivity contribution in [1.82, 2.24) is 0 Å².